The van der Waals surface area contributed by atoms with Gasteiger partial charge in [-0.15, -0.1) is 0 Å². The Kier molecular flexibility index (Phi) is 4.22. The molecule has 0 N–H and O–H groups in total. The van der Waals surface area contributed by atoms with Crippen molar-refractivity contribution >= 4 is 23.2 Å². The average molecular weight is 377 g/mol. The molecule has 3 rings (SSSR count). The molecule has 0 atom stereocenters. The van der Waals surface area contributed by atoms with Gasteiger partial charge in [0.15, 0.2) is 11.0 Å². The Labute approximate surface area is 143 Å². The third kappa shape index (κ3) is 3.22. The quantitative estimate of drug-likeness (QED) is 0.518. The third-order valence-electron chi connectivity index (χ3n) is 3.24. The first-order valence-electron chi connectivity index (χ1n) is 6.56. The SMILES string of the molecule is Cn1ncnc1Cc1cc(C(F)(F)Cl)nn1-c1cnc(Cl)c(F)c1. The number of halogens is 5. The molecule has 11 heteroatoms. The highest BCUT2D eigenvalue weighted by atomic mass is 35.5. The molecule has 0 spiro atoms. The highest BCUT2D eigenvalue weighted by Crippen LogP contribution is 2.32. The van der Waals surface area contributed by atoms with E-state index in [1.165, 1.54) is 17.2 Å². The first kappa shape index (κ1) is 16.7. The number of aryl methyl sites for hydroxylation is 1. The van der Waals surface area contributed by atoms with E-state index in [0.29, 0.717) is 11.5 Å². The Balaban J connectivity index is 2.10. The van der Waals surface area contributed by atoms with Crippen molar-refractivity contribution in [3.8, 4) is 5.69 Å². The summed E-state index contributed by atoms with van der Waals surface area (Å²) in [6, 6.07) is 2.16. The third-order valence-corrected chi connectivity index (χ3v) is 3.72. The lowest BCUT2D eigenvalue weighted by atomic mass is 10.2. The Hall–Kier alpha value is -2.13. The molecule has 0 bridgehead atoms. The molecule has 6 nitrogen and oxygen atoms in total. The van der Waals surface area contributed by atoms with Crippen LogP contribution in [0.4, 0.5) is 13.2 Å². The summed E-state index contributed by atoms with van der Waals surface area (Å²) in [6.45, 7) is 0. The molecule has 0 aliphatic rings. The maximum Gasteiger partial charge on any atom is 0.366 e. The highest BCUT2D eigenvalue weighted by molar-refractivity contribution is 6.29. The lowest BCUT2D eigenvalue weighted by molar-refractivity contribution is 0.0895. The van der Waals surface area contributed by atoms with Gasteiger partial charge in [-0.1, -0.05) is 11.6 Å². The molecule has 0 aliphatic carbocycles. The Bertz CT molecular complexity index is 886. The van der Waals surface area contributed by atoms with Crippen LogP contribution in [0.3, 0.4) is 0 Å². The Morgan fingerprint density at radius 1 is 1.25 bits per heavy atom. The summed E-state index contributed by atoms with van der Waals surface area (Å²) < 4.78 is 43.1. The van der Waals surface area contributed by atoms with Gasteiger partial charge in [-0.3, -0.25) is 4.68 Å². The predicted octanol–water partition coefficient (Wildman–Crippen LogP) is 3.07. The minimum atomic E-state index is -3.67. The number of hydrogen-bond donors (Lipinski definition) is 0. The number of rotatable bonds is 4. The molecule has 0 aromatic carbocycles. The lowest BCUT2D eigenvalue weighted by Crippen LogP contribution is -2.09. The summed E-state index contributed by atoms with van der Waals surface area (Å²) in [4.78, 5) is 7.69. The standard InChI is InChI=1S/C13H9Cl2F3N6/c1-23-11(20-6-21-23)4-7-3-10(13(15,17)18)22-24(7)8-2-9(16)12(14)19-5-8/h2-3,5-6H,4H2,1H3. The summed E-state index contributed by atoms with van der Waals surface area (Å²) in [5, 5.41) is 3.67. The van der Waals surface area contributed by atoms with E-state index in [4.69, 9.17) is 23.2 Å². The normalized spacial score (nSPS) is 11.9. The molecule has 0 amide bonds. The van der Waals surface area contributed by atoms with Gasteiger partial charge in [-0.2, -0.15) is 19.0 Å². The zero-order valence-electron chi connectivity index (χ0n) is 12.1. The number of aromatic nitrogens is 6. The van der Waals surface area contributed by atoms with E-state index in [2.05, 4.69) is 20.2 Å². The van der Waals surface area contributed by atoms with Gasteiger partial charge in [-0.25, -0.2) is 19.0 Å². The zero-order valence-corrected chi connectivity index (χ0v) is 13.6. The minimum Gasteiger partial charge on any atom is -0.253 e. The molecule has 3 aromatic heterocycles. The van der Waals surface area contributed by atoms with Gasteiger partial charge in [0.2, 0.25) is 0 Å². The van der Waals surface area contributed by atoms with Crippen molar-refractivity contribution in [2.45, 2.75) is 11.8 Å². The van der Waals surface area contributed by atoms with Crippen molar-refractivity contribution in [1.29, 1.82) is 0 Å². The van der Waals surface area contributed by atoms with Gasteiger partial charge in [0.1, 0.15) is 17.8 Å². The Morgan fingerprint density at radius 3 is 2.58 bits per heavy atom. The van der Waals surface area contributed by atoms with Crippen molar-refractivity contribution in [2.75, 3.05) is 0 Å². The molecular formula is C13H9Cl2F3N6. The fourth-order valence-electron chi connectivity index (χ4n) is 2.08. The van der Waals surface area contributed by atoms with Crippen LogP contribution < -0.4 is 0 Å². The second kappa shape index (κ2) is 6.06. The number of alkyl halides is 3. The van der Waals surface area contributed by atoms with Crippen LogP contribution in [0, 0.1) is 5.82 Å². The van der Waals surface area contributed by atoms with Crippen LogP contribution in [0.5, 0.6) is 0 Å². The van der Waals surface area contributed by atoms with Crippen LogP contribution in [0.25, 0.3) is 5.69 Å². The lowest BCUT2D eigenvalue weighted by Gasteiger charge is -2.07. The van der Waals surface area contributed by atoms with Crippen molar-refractivity contribution in [1.82, 2.24) is 29.5 Å². The van der Waals surface area contributed by atoms with E-state index in [-0.39, 0.29) is 17.3 Å². The van der Waals surface area contributed by atoms with Crippen LogP contribution >= 0.6 is 23.2 Å². The van der Waals surface area contributed by atoms with Crippen LogP contribution in [0.15, 0.2) is 24.7 Å². The number of nitrogens with zero attached hydrogens (tertiary/aromatic N) is 6. The van der Waals surface area contributed by atoms with Crippen LogP contribution in [0.2, 0.25) is 5.15 Å². The van der Waals surface area contributed by atoms with Crippen molar-refractivity contribution < 1.29 is 13.2 Å². The van der Waals surface area contributed by atoms with Crippen molar-refractivity contribution in [3.63, 3.8) is 0 Å². The van der Waals surface area contributed by atoms with Gasteiger partial charge in [-0.05, 0) is 17.7 Å². The molecule has 126 valence electrons. The van der Waals surface area contributed by atoms with Gasteiger partial charge < -0.3 is 0 Å². The maximum absolute atomic E-state index is 13.6. The summed E-state index contributed by atoms with van der Waals surface area (Å²) in [7, 11) is 1.66. The topological polar surface area (TPSA) is 61.4 Å². The molecular weight excluding hydrogens is 368 g/mol. The van der Waals surface area contributed by atoms with Crippen molar-refractivity contribution in [2.24, 2.45) is 7.05 Å². The highest BCUT2D eigenvalue weighted by Gasteiger charge is 2.33. The van der Waals surface area contributed by atoms with E-state index >= 15 is 0 Å². The largest absolute Gasteiger partial charge is 0.366 e. The maximum atomic E-state index is 13.6. The molecule has 24 heavy (non-hydrogen) atoms. The van der Waals surface area contributed by atoms with Crippen molar-refractivity contribution in [3.05, 3.63) is 52.8 Å². The number of hydrogen-bond acceptors (Lipinski definition) is 4. The monoisotopic (exact) mass is 376 g/mol. The molecule has 0 aliphatic heterocycles. The minimum absolute atomic E-state index is 0.126. The first-order valence-corrected chi connectivity index (χ1v) is 7.31. The zero-order chi connectivity index (χ0) is 17.5. The summed E-state index contributed by atoms with van der Waals surface area (Å²) in [6.07, 6.45) is 2.67. The fraction of sp³-hybridized carbons (Fsp3) is 0.231. The molecule has 0 radical (unpaired) electrons. The fourth-order valence-corrected chi connectivity index (χ4v) is 2.27. The second-order valence-electron chi connectivity index (χ2n) is 4.87. The van der Waals surface area contributed by atoms with Crippen LogP contribution in [0.1, 0.15) is 17.2 Å². The molecule has 0 saturated heterocycles. The Morgan fingerprint density at radius 2 is 2.00 bits per heavy atom. The van der Waals surface area contributed by atoms with Crippen LogP contribution in [-0.2, 0) is 18.9 Å². The van der Waals surface area contributed by atoms with E-state index in [9.17, 15) is 13.2 Å². The van der Waals surface area contributed by atoms with Gasteiger partial charge in [0.05, 0.1) is 17.6 Å². The summed E-state index contributed by atoms with van der Waals surface area (Å²) in [5.41, 5.74) is -0.233. The van der Waals surface area contributed by atoms with Gasteiger partial charge in [0, 0.05) is 19.5 Å². The van der Waals surface area contributed by atoms with E-state index in [1.54, 1.807) is 7.05 Å². The average Bonchev–Trinajstić information content (AvgIpc) is 3.09. The van der Waals surface area contributed by atoms with Gasteiger partial charge >= 0.3 is 5.38 Å². The van der Waals surface area contributed by atoms with E-state index < -0.39 is 16.9 Å². The molecule has 0 saturated carbocycles. The smallest absolute Gasteiger partial charge is 0.253 e. The first-order chi connectivity index (χ1) is 11.3. The summed E-state index contributed by atoms with van der Waals surface area (Å²) in [5.74, 6) is -0.295. The van der Waals surface area contributed by atoms with Gasteiger partial charge in [0.25, 0.3) is 0 Å². The predicted molar refractivity (Wildman–Crippen MR) is 79.9 cm³/mol. The van der Waals surface area contributed by atoms with E-state index in [1.807, 2.05) is 0 Å². The molecule has 3 heterocycles. The molecule has 0 fully saturated rings. The summed E-state index contributed by atoms with van der Waals surface area (Å²) >= 11 is 10.6. The number of pyridine rings is 1. The second-order valence-corrected chi connectivity index (χ2v) is 5.71. The molecule has 3 aromatic rings. The molecule has 0 unspecified atom stereocenters. The van der Waals surface area contributed by atoms with E-state index in [0.717, 1.165) is 16.8 Å². The van der Waals surface area contributed by atoms with Crippen LogP contribution in [-0.4, -0.2) is 29.5 Å².